The normalized spacial score (nSPS) is 10.2. The maximum atomic E-state index is 11.6. The maximum absolute atomic E-state index is 11.6. The van der Waals surface area contributed by atoms with Crippen molar-refractivity contribution in [2.24, 2.45) is 0 Å². The van der Waals surface area contributed by atoms with Crippen molar-refractivity contribution >= 4 is 39.3 Å². The summed E-state index contributed by atoms with van der Waals surface area (Å²) >= 11 is 4.65. The third-order valence-corrected chi connectivity index (χ3v) is 3.21. The lowest BCUT2D eigenvalue weighted by molar-refractivity contribution is -0.113. The number of H-pyrrole nitrogens is 1. The predicted octanol–water partition coefficient (Wildman–Crippen LogP) is 2.30. The molecule has 1 aromatic heterocycles. The van der Waals surface area contributed by atoms with Crippen LogP contribution in [0.2, 0.25) is 0 Å². The molecule has 0 aliphatic heterocycles. The minimum Gasteiger partial charge on any atom is -0.325 e. The summed E-state index contributed by atoms with van der Waals surface area (Å²) in [5, 5.41) is 9.81. The Morgan fingerprint density at radius 3 is 3.12 bits per heavy atom. The molecule has 0 saturated heterocycles. The Bertz CT molecular complexity index is 503. The highest BCUT2D eigenvalue weighted by atomic mass is 79.9. The fourth-order valence-corrected chi connectivity index (χ4v) is 2.14. The molecule has 7 heteroatoms. The van der Waals surface area contributed by atoms with Crippen LogP contribution in [0.15, 0.2) is 40.2 Å². The maximum Gasteiger partial charge on any atom is 0.234 e. The molecule has 2 rings (SSSR count). The molecule has 1 aromatic carbocycles. The van der Waals surface area contributed by atoms with Crippen LogP contribution < -0.4 is 5.32 Å². The van der Waals surface area contributed by atoms with E-state index in [0.717, 1.165) is 10.2 Å². The van der Waals surface area contributed by atoms with Gasteiger partial charge in [0, 0.05) is 10.2 Å². The van der Waals surface area contributed by atoms with Gasteiger partial charge in [-0.05, 0) is 18.2 Å². The van der Waals surface area contributed by atoms with E-state index in [0.29, 0.717) is 10.9 Å². The van der Waals surface area contributed by atoms with Crippen molar-refractivity contribution < 1.29 is 4.79 Å². The van der Waals surface area contributed by atoms with Crippen molar-refractivity contribution in [3.63, 3.8) is 0 Å². The van der Waals surface area contributed by atoms with Gasteiger partial charge in [0.15, 0.2) is 5.16 Å². The fourth-order valence-electron chi connectivity index (χ4n) is 1.16. The number of aromatic amines is 1. The van der Waals surface area contributed by atoms with Crippen molar-refractivity contribution in [1.82, 2.24) is 15.2 Å². The molecule has 5 nitrogen and oxygen atoms in total. The summed E-state index contributed by atoms with van der Waals surface area (Å²) in [6.07, 6.45) is 1.41. The van der Waals surface area contributed by atoms with Crippen molar-refractivity contribution in [3.8, 4) is 0 Å². The van der Waals surface area contributed by atoms with Gasteiger partial charge in [0.2, 0.25) is 5.91 Å². The van der Waals surface area contributed by atoms with Crippen molar-refractivity contribution in [2.75, 3.05) is 11.1 Å². The van der Waals surface area contributed by atoms with Gasteiger partial charge < -0.3 is 5.32 Å². The van der Waals surface area contributed by atoms with Crippen molar-refractivity contribution in [1.29, 1.82) is 0 Å². The first-order valence-electron chi connectivity index (χ1n) is 4.77. The zero-order valence-corrected chi connectivity index (χ0v) is 11.1. The van der Waals surface area contributed by atoms with Crippen LogP contribution in [0.3, 0.4) is 0 Å². The zero-order valence-electron chi connectivity index (χ0n) is 8.68. The number of rotatable bonds is 4. The highest BCUT2D eigenvalue weighted by molar-refractivity contribution is 9.10. The Hall–Kier alpha value is -1.34. The van der Waals surface area contributed by atoms with E-state index >= 15 is 0 Å². The molecule has 0 unspecified atom stereocenters. The van der Waals surface area contributed by atoms with Crippen LogP contribution in [0.4, 0.5) is 5.69 Å². The highest BCUT2D eigenvalue weighted by Crippen LogP contribution is 2.16. The van der Waals surface area contributed by atoms with Crippen LogP contribution in [0.1, 0.15) is 0 Å². The summed E-state index contributed by atoms with van der Waals surface area (Å²) < 4.78 is 0.929. The number of benzene rings is 1. The van der Waals surface area contributed by atoms with Gasteiger partial charge in [-0.15, -0.1) is 0 Å². The highest BCUT2D eigenvalue weighted by Gasteiger charge is 2.05. The van der Waals surface area contributed by atoms with Crippen molar-refractivity contribution in [2.45, 2.75) is 5.16 Å². The average molecular weight is 313 g/mol. The first kappa shape index (κ1) is 12.1. The molecule has 0 fully saturated rings. The lowest BCUT2D eigenvalue weighted by Gasteiger charge is -2.04. The number of amides is 1. The number of hydrogen-bond donors (Lipinski definition) is 2. The van der Waals surface area contributed by atoms with E-state index < -0.39 is 0 Å². The molecule has 0 radical (unpaired) electrons. The second-order valence-electron chi connectivity index (χ2n) is 3.14. The molecule has 0 spiro atoms. The summed E-state index contributed by atoms with van der Waals surface area (Å²) in [5.74, 6) is 0.214. The third-order valence-electron chi connectivity index (χ3n) is 1.84. The predicted molar refractivity (Wildman–Crippen MR) is 69.9 cm³/mol. The van der Waals surface area contributed by atoms with Gasteiger partial charge in [0.1, 0.15) is 6.33 Å². The molecule has 2 N–H and O–H groups in total. The molecule has 0 aliphatic rings. The van der Waals surface area contributed by atoms with E-state index in [9.17, 15) is 4.79 Å². The Morgan fingerprint density at radius 1 is 1.53 bits per heavy atom. The summed E-state index contributed by atoms with van der Waals surface area (Å²) in [7, 11) is 0. The second kappa shape index (κ2) is 5.83. The van der Waals surface area contributed by atoms with Gasteiger partial charge in [0.25, 0.3) is 0 Å². The van der Waals surface area contributed by atoms with Gasteiger partial charge in [-0.2, -0.15) is 5.10 Å². The quantitative estimate of drug-likeness (QED) is 0.850. The molecular formula is C10H9BrN4OS. The number of anilines is 1. The summed E-state index contributed by atoms with van der Waals surface area (Å²) in [4.78, 5) is 15.5. The van der Waals surface area contributed by atoms with Gasteiger partial charge in [-0.25, -0.2) is 4.98 Å². The zero-order chi connectivity index (χ0) is 12.1. The van der Waals surface area contributed by atoms with Crippen LogP contribution in [-0.2, 0) is 4.79 Å². The van der Waals surface area contributed by atoms with Crippen LogP contribution in [-0.4, -0.2) is 26.8 Å². The molecule has 88 valence electrons. The molecule has 1 amide bonds. The smallest absolute Gasteiger partial charge is 0.234 e. The topological polar surface area (TPSA) is 70.7 Å². The van der Waals surface area contributed by atoms with Gasteiger partial charge in [-0.1, -0.05) is 33.8 Å². The average Bonchev–Trinajstić information content (AvgIpc) is 2.79. The Kier molecular flexibility index (Phi) is 4.16. The van der Waals surface area contributed by atoms with Crippen LogP contribution in [0.25, 0.3) is 0 Å². The number of nitrogens with zero attached hydrogens (tertiary/aromatic N) is 2. The Morgan fingerprint density at radius 2 is 2.41 bits per heavy atom. The van der Waals surface area contributed by atoms with E-state index in [1.54, 1.807) is 0 Å². The molecule has 0 bridgehead atoms. The lowest BCUT2D eigenvalue weighted by Crippen LogP contribution is -2.14. The third kappa shape index (κ3) is 3.86. The Balaban J connectivity index is 1.85. The van der Waals surface area contributed by atoms with E-state index in [1.807, 2.05) is 24.3 Å². The number of halogens is 1. The first-order valence-corrected chi connectivity index (χ1v) is 6.55. The number of hydrogen-bond acceptors (Lipinski definition) is 4. The molecule has 0 saturated carbocycles. The van der Waals surface area contributed by atoms with Crippen LogP contribution in [0.5, 0.6) is 0 Å². The van der Waals surface area contributed by atoms with Crippen molar-refractivity contribution in [3.05, 3.63) is 35.1 Å². The molecule has 17 heavy (non-hydrogen) atoms. The Labute approximate surface area is 111 Å². The number of nitrogens with one attached hydrogen (secondary N) is 2. The minimum absolute atomic E-state index is 0.0792. The minimum atomic E-state index is -0.0792. The number of thioether (sulfide) groups is 1. The first-order chi connectivity index (χ1) is 8.24. The van der Waals surface area contributed by atoms with Gasteiger partial charge in [-0.3, -0.25) is 9.89 Å². The van der Waals surface area contributed by atoms with Gasteiger partial charge in [0.05, 0.1) is 5.75 Å². The largest absolute Gasteiger partial charge is 0.325 e. The second-order valence-corrected chi connectivity index (χ2v) is 5.02. The van der Waals surface area contributed by atoms with E-state index in [4.69, 9.17) is 0 Å². The number of aromatic nitrogens is 3. The SMILES string of the molecule is O=C(CSc1ncn[nH]1)Nc1cccc(Br)c1. The lowest BCUT2D eigenvalue weighted by atomic mass is 10.3. The van der Waals surface area contributed by atoms with Crippen LogP contribution in [0, 0.1) is 0 Å². The fraction of sp³-hybridized carbons (Fsp3) is 0.100. The number of carbonyl (C=O) groups is 1. The molecule has 0 atom stereocenters. The van der Waals surface area contributed by atoms with E-state index in [-0.39, 0.29) is 5.91 Å². The standard InChI is InChI=1S/C10H9BrN4OS/c11-7-2-1-3-8(4-7)14-9(16)5-17-10-12-6-13-15-10/h1-4,6H,5H2,(H,14,16)(H,12,13,15). The molecular weight excluding hydrogens is 304 g/mol. The summed E-state index contributed by atoms with van der Waals surface area (Å²) in [6.45, 7) is 0. The summed E-state index contributed by atoms with van der Waals surface area (Å²) in [5.41, 5.74) is 0.766. The summed E-state index contributed by atoms with van der Waals surface area (Å²) in [6, 6.07) is 7.45. The monoisotopic (exact) mass is 312 g/mol. The molecule has 0 aliphatic carbocycles. The molecule has 2 aromatic rings. The van der Waals surface area contributed by atoms with Crippen LogP contribution >= 0.6 is 27.7 Å². The van der Waals surface area contributed by atoms with Gasteiger partial charge >= 0.3 is 0 Å². The van der Waals surface area contributed by atoms with E-state index in [2.05, 4.69) is 36.4 Å². The number of carbonyl (C=O) groups excluding carboxylic acids is 1. The molecule has 1 heterocycles. The van der Waals surface area contributed by atoms with E-state index in [1.165, 1.54) is 18.1 Å².